The van der Waals surface area contributed by atoms with Crippen LogP contribution in [-0.2, 0) is 14.3 Å². The van der Waals surface area contributed by atoms with Crippen LogP contribution < -0.4 is 5.32 Å². The molecule has 0 unspecified atom stereocenters. The second-order valence-electron chi connectivity index (χ2n) is 3.69. The van der Waals surface area contributed by atoms with Gasteiger partial charge in [-0.2, -0.15) is 11.8 Å². The number of hydrogen-bond acceptors (Lipinski definition) is 4. The van der Waals surface area contributed by atoms with Crippen LogP contribution in [0.5, 0.6) is 0 Å². The van der Waals surface area contributed by atoms with Gasteiger partial charge in [-0.3, -0.25) is 4.79 Å². The quantitative estimate of drug-likeness (QED) is 0.642. The minimum absolute atomic E-state index is 0.0256. The smallest absolute Gasteiger partial charge is 0.330 e. The first-order chi connectivity index (χ1) is 9.15. The summed E-state index contributed by atoms with van der Waals surface area (Å²) in [5.74, 6) is 0.0481. The largest absolute Gasteiger partial charge is 0.463 e. The third kappa shape index (κ3) is 6.10. The van der Waals surface area contributed by atoms with Crippen molar-refractivity contribution < 1.29 is 14.3 Å². The summed E-state index contributed by atoms with van der Waals surface area (Å²) in [5.41, 5.74) is 1.61. The van der Waals surface area contributed by atoms with Gasteiger partial charge in [0.25, 0.3) is 0 Å². The highest BCUT2D eigenvalue weighted by Crippen LogP contribution is 2.11. The Kier molecular flexibility index (Phi) is 6.74. The fraction of sp³-hybridized carbons (Fsp3) is 0.286. The molecule has 0 saturated heterocycles. The molecule has 0 spiro atoms. The lowest BCUT2D eigenvalue weighted by Crippen LogP contribution is -2.13. The number of carbonyl (C=O) groups excluding carboxylic acids is 2. The molecular formula is C14H17NO3S. The van der Waals surface area contributed by atoms with Crippen molar-refractivity contribution in [2.45, 2.75) is 6.92 Å². The summed E-state index contributed by atoms with van der Waals surface area (Å²) in [4.78, 5) is 22.5. The minimum atomic E-state index is -0.361. The molecule has 0 bridgehead atoms. The van der Waals surface area contributed by atoms with Gasteiger partial charge in [0.15, 0.2) is 0 Å². The van der Waals surface area contributed by atoms with Crippen LogP contribution in [0, 0.1) is 0 Å². The van der Waals surface area contributed by atoms with Gasteiger partial charge in [-0.1, -0.05) is 12.1 Å². The molecule has 1 N–H and O–H groups in total. The molecule has 19 heavy (non-hydrogen) atoms. The minimum Gasteiger partial charge on any atom is -0.463 e. The van der Waals surface area contributed by atoms with E-state index in [9.17, 15) is 9.59 Å². The van der Waals surface area contributed by atoms with Gasteiger partial charge in [0, 0.05) is 11.8 Å². The van der Waals surface area contributed by atoms with Crippen LogP contribution in [0.4, 0.5) is 5.69 Å². The van der Waals surface area contributed by atoms with E-state index in [0.717, 1.165) is 11.3 Å². The SMILES string of the molecule is CCOC(=O)/C=C/c1ccc(NC(=O)CSC)cc1. The van der Waals surface area contributed by atoms with Crippen LogP contribution in [0.15, 0.2) is 30.3 Å². The van der Waals surface area contributed by atoms with Gasteiger partial charge in [-0.15, -0.1) is 0 Å². The third-order valence-corrected chi connectivity index (χ3v) is 2.72. The fourth-order valence-corrected chi connectivity index (χ4v) is 1.69. The van der Waals surface area contributed by atoms with Gasteiger partial charge in [-0.25, -0.2) is 4.79 Å². The van der Waals surface area contributed by atoms with Crippen molar-refractivity contribution in [3.05, 3.63) is 35.9 Å². The third-order valence-electron chi connectivity index (χ3n) is 2.17. The molecule has 0 aliphatic heterocycles. The Balaban J connectivity index is 2.56. The van der Waals surface area contributed by atoms with Crippen LogP contribution in [0.25, 0.3) is 6.08 Å². The number of carbonyl (C=O) groups is 2. The van der Waals surface area contributed by atoms with Crippen LogP contribution >= 0.6 is 11.8 Å². The zero-order valence-corrected chi connectivity index (χ0v) is 11.8. The van der Waals surface area contributed by atoms with E-state index in [-0.39, 0.29) is 11.9 Å². The van der Waals surface area contributed by atoms with E-state index in [1.807, 2.05) is 18.4 Å². The molecule has 5 heteroatoms. The first-order valence-corrected chi connectivity index (χ1v) is 7.28. The van der Waals surface area contributed by atoms with E-state index < -0.39 is 0 Å². The number of rotatable bonds is 6. The average Bonchev–Trinajstić information content (AvgIpc) is 2.38. The number of esters is 1. The van der Waals surface area contributed by atoms with Gasteiger partial charge in [0.1, 0.15) is 0 Å². The molecule has 4 nitrogen and oxygen atoms in total. The number of ether oxygens (including phenoxy) is 1. The van der Waals surface area contributed by atoms with Crippen molar-refractivity contribution in [2.75, 3.05) is 23.9 Å². The van der Waals surface area contributed by atoms with E-state index in [0.29, 0.717) is 12.4 Å². The van der Waals surface area contributed by atoms with E-state index >= 15 is 0 Å². The van der Waals surface area contributed by atoms with E-state index in [1.165, 1.54) is 17.8 Å². The van der Waals surface area contributed by atoms with Crippen LogP contribution in [-0.4, -0.2) is 30.5 Å². The summed E-state index contributed by atoms with van der Waals surface area (Å²) < 4.78 is 4.78. The van der Waals surface area contributed by atoms with Crippen molar-refractivity contribution in [3.8, 4) is 0 Å². The summed E-state index contributed by atoms with van der Waals surface area (Å²) in [6.45, 7) is 2.13. The van der Waals surface area contributed by atoms with Crippen LogP contribution in [0.2, 0.25) is 0 Å². The lowest BCUT2D eigenvalue weighted by Gasteiger charge is -2.04. The van der Waals surface area contributed by atoms with Crippen molar-refractivity contribution in [3.63, 3.8) is 0 Å². The summed E-state index contributed by atoms with van der Waals surface area (Å²) in [6.07, 6.45) is 4.93. The standard InChI is InChI=1S/C14H17NO3S/c1-3-18-14(17)9-6-11-4-7-12(8-5-11)15-13(16)10-19-2/h4-9H,3,10H2,1-2H3,(H,15,16)/b9-6+. The zero-order valence-electron chi connectivity index (χ0n) is 11.0. The Hall–Kier alpha value is -1.75. The van der Waals surface area contributed by atoms with Gasteiger partial charge in [-0.05, 0) is 37.0 Å². The maximum atomic E-state index is 11.4. The number of benzene rings is 1. The highest BCUT2D eigenvalue weighted by Gasteiger charge is 2.00. The molecule has 0 radical (unpaired) electrons. The molecule has 0 fully saturated rings. The topological polar surface area (TPSA) is 55.4 Å². The lowest BCUT2D eigenvalue weighted by atomic mass is 10.2. The maximum absolute atomic E-state index is 11.4. The number of amides is 1. The van der Waals surface area contributed by atoms with Crippen molar-refractivity contribution in [1.82, 2.24) is 0 Å². The predicted octanol–water partition coefficient (Wildman–Crippen LogP) is 2.56. The monoisotopic (exact) mass is 279 g/mol. The number of nitrogens with one attached hydrogen (secondary N) is 1. The first kappa shape index (κ1) is 15.3. The normalized spacial score (nSPS) is 10.4. The predicted molar refractivity (Wildman–Crippen MR) is 79.1 cm³/mol. The second kappa shape index (κ2) is 8.37. The highest BCUT2D eigenvalue weighted by atomic mass is 32.2. The molecule has 0 aliphatic carbocycles. The molecule has 1 rings (SSSR count). The van der Waals surface area contributed by atoms with Crippen molar-refractivity contribution >= 4 is 35.4 Å². The second-order valence-corrected chi connectivity index (χ2v) is 4.55. The summed E-state index contributed by atoms with van der Waals surface area (Å²) >= 11 is 1.47. The molecule has 0 aromatic heterocycles. The van der Waals surface area contributed by atoms with Gasteiger partial charge < -0.3 is 10.1 Å². The summed E-state index contributed by atoms with van der Waals surface area (Å²) in [7, 11) is 0. The zero-order chi connectivity index (χ0) is 14.1. The van der Waals surface area contributed by atoms with E-state index in [4.69, 9.17) is 4.74 Å². The van der Waals surface area contributed by atoms with Gasteiger partial charge in [0.05, 0.1) is 12.4 Å². The van der Waals surface area contributed by atoms with Crippen LogP contribution in [0.1, 0.15) is 12.5 Å². The molecule has 1 aromatic rings. The molecule has 1 aromatic carbocycles. The van der Waals surface area contributed by atoms with Crippen molar-refractivity contribution in [1.29, 1.82) is 0 Å². The van der Waals surface area contributed by atoms with E-state index in [2.05, 4.69) is 5.32 Å². The molecule has 102 valence electrons. The summed E-state index contributed by atoms with van der Waals surface area (Å²) in [5, 5.41) is 2.78. The average molecular weight is 279 g/mol. The van der Waals surface area contributed by atoms with Crippen LogP contribution in [0.3, 0.4) is 0 Å². The fourth-order valence-electron chi connectivity index (χ4n) is 1.36. The maximum Gasteiger partial charge on any atom is 0.330 e. The Labute approximate surface area is 117 Å². The summed E-state index contributed by atoms with van der Waals surface area (Å²) in [6, 6.07) is 7.24. The Morgan fingerprint density at radius 1 is 1.32 bits per heavy atom. The molecule has 1 amide bonds. The van der Waals surface area contributed by atoms with Gasteiger partial charge >= 0.3 is 5.97 Å². The first-order valence-electron chi connectivity index (χ1n) is 5.89. The molecule has 0 atom stereocenters. The Bertz CT molecular complexity index is 454. The highest BCUT2D eigenvalue weighted by molar-refractivity contribution is 7.99. The number of anilines is 1. The molecule has 0 aliphatic rings. The van der Waals surface area contributed by atoms with Crippen molar-refractivity contribution in [2.24, 2.45) is 0 Å². The van der Waals surface area contributed by atoms with E-state index in [1.54, 1.807) is 25.1 Å². The molecular weight excluding hydrogens is 262 g/mol. The lowest BCUT2D eigenvalue weighted by molar-refractivity contribution is -0.137. The molecule has 0 heterocycles. The number of hydrogen-bond donors (Lipinski definition) is 1. The molecule has 0 saturated carbocycles. The van der Waals surface area contributed by atoms with Gasteiger partial charge in [0.2, 0.25) is 5.91 Å². The number of thioether (sulfide) groups is 1. The Morgan fingerprint density at radius 3 is 2.58 bits per heavy atom. The Morgan fingerprint density at radius 2 is 2.00 bits per heavy atom.